The molecule has 0 aliphatic heterocycles. The molecule has 0 fully saturated rings. The Kier molecular flexibility index (Phi) is 5.37. The van der Waals surface area contributed by atoms with Crippen LogP contribution in [0.3, 0.4) is 0 Å². The molecule has 1 amide bonds. The quantitative estimate of drug-likeness (QED) is 0.849. The topological polar surface area (TPSA) is 41.1 Å². The molecule has 0 saturated carbocycles. The lowest BCUT2D eigenvalue weighted by molar-refractivity contribution is -0.115. The first-order chi connectivity index (χ1) is 10.8. The van der Waals surface area contributed by atoms with Crippen molar-refractivity contribution in [1.29, 1.82) is 0 Å². The molecule has 122 valence electrons. The highest BCUT2D eigenvalue weighted by molar-refractivity contribution is 5.90. The molecule has 2 aromatic carbocycles. The number of hydrogen-bond acceptors (Lipinski definition) is 2. The van der Waals surface area contributed by atoms with Crippen molar-refractivity contribution in [3.63, 3.8) is 0 Å². The molecule has 0 aliphatic rings. The van der Waals surface area contributed by atoms with Gasteiger partial charge in [0.2, 0.25) is 5.91 Å². The molecule has 2 aromatic rings. The normalized spacial score (nSPS) is 11.1. The smallest absolute Gasteiger partial charge is 0.226 e. The number of carbonyl (C=O) groups excluding carboxylic acids is 1. The standard InChI is InChI=1S/C19H23FN2O/c1-19(2,3)14-4-8-16(9-5-14)21-13-12-18(23)22-17-10-6-15(20)7-11-17/h4-11,21H,12-13H2,1-3H3,(H,22,23). The van der Waals surface area contributed by atoms with Crippen LogP contribution in [-0.4, -0.2) is 12.5 Å². The fraction of sp³-hybridized carbons (Fsp3) is 0.316. The molecule has 0 saturated heterocycles. The molecule has 0 bridgehead atoms. The van der Waals surface area contributed by atoms with Gasteiger partial charge in [-0.25, -0.2) is 4.39 Å². The molecule has 0 spiro atoms. The van der Waals surface area contributed by atoms with E-state index in [4.69, 9.17) is 0 Å². The molecule has 0 heterocycles. The van der Waals surface area contributed by atoms with Gasteiger partial charge >= 0.3 is 0 Å². The molecule has 3 nitrogen and oxygen atoms in total. The largest absolute Gasteiger partial charge is 0.385 e. The van der Waals surface area contributed by atoms with Crippen LogP contribution in [0.25, 0.3) is 0 Å². The van der Waals surface area contributed by atoms with Gasteiger partial charge in [-0.2, -0.15) is 0 Å². The third kappa shape index (κ3) is 5.40. The Morgan fingerprint density at radius 3 is 2.09 bits per heavy atom. The van der Waals surface area contributed by atoms with E-state index >= 15 is 0 Å². The maximum absolute atomic E-state index is 12.8. The Balaban J connectivity index is 1.78. The molecule has 0 aromatic heterocycles. The Morgan fingerprint density at radius 1 is 0.957 bits per heavy atom. The second kappa shape index (κ2) is 7.27. The van der Waals surface area contributed by atoms with Crippen LogP contribution in [0.4, 0.5) is 15.8 Å². The summed E-state index contributed by atoms with van der Waals surface area (Å²) < 4.78 is 12.8. The summed E-state index contributed by atoms with van der Waals surface area (Å²) in [5.74, 6) is -0.418. The van der Waals surface area contributed by atoms with Crippen LogP contribution in [0.2, 0.25) is 0 Å². The number of hydrogen-bond donors (Lipinski definition) is 2. The summed E-state index contributed by atoms with van der Waals surface area (Å²) in [6.07, 6.45) is 0.346. The Labute approximate surface area is 136 Å². The predicted octanol–water partition coefficient (Wildman–Crippen LogP) is 4.56. The number of rotatable bonds is 5. The van der Waals surface area contributed by atoms with Gasteiger partial charge in [0.05, 0.1) is 0 Å². The molecule has 4 heteroatoms. The van der Waals surface area contributed by atoms with Gasteiger partial charge in [0.25, 0.3) is 0 Å². The van der Waals surface area contributed by atoms with Crippen molar-refractivity contribution >= 4 is 17.3 Å². The van der Waals surface area contributed by atoms with E-state index in [1.165, 1.54) is 17.7 Å². The molecule has 2 rings (SSSR count). The Hall–Kier alpha value is -2.36. The molecule has 2 N–H and O–H groups in total. The summed E-state index contributed by atoms with van der Waals surface area (Å²) in [4.78, 5) is 11.8. The predicted molar refractivity (Wildman–Crippen MR) is 93.3 cm³/mol. The zero-order valence-corrected chi connectivity index (χ0v) is 13.8. The van der Waals surface area contributed by atoms with Gasteiger partial charge in [-0.05, 0) is 47.4 Å². The Morgan fingerprint density at radius 2 is 1.52 bits per heavy atom. The molecule has 0 atom stereocenters. The fourth-order valence-electron chi connectivity index (χ4n) is 2.17. The number of amides is 1. The number of anilines is 2. The van der Waals surface area contributed by atoms with E-state index in [2.05, 4.69) is 43.5 Å². The van der Waals surface area contributed by atoms with Gasteiger partial charge in [-0.15, -0.1) is 0 Å². The first-order valence-corrected chi connectivity index (χ1v) is 7.74. The van der Waals surface area contributed by atoms with Gasteiger partial charge in [-0.3, -0.25) is 4.79 Å². The van der Waals surface area contributed by atoms with E-state index in [1.807, 2.05) is 12.1 Å². The van der Waals surface area contributed by atoms with Crippen molar-refractivity contribution in [2.45, 2.75) is 32.6 Å². The first-order valence-electron chi connectivity index (χ1n) is 7.74. The van der Waals surface area contributed by atoms with Crippen molar-refractivity contribution in [3.8, 4) is 0 Å². The van der Waals surface area contributed by atoms with E-state index in [0.717, 1.165) is 5.69 Å². The number of benzene rings is 2. The van der Waals surface area contributed by atoms with Crippen LogP contribution in [0, 0.1) is 5.82 Å². The van der Waals surface area contributed by atoms with Crippen LogP contribution in [-0.2, 0) is 10.2 Å². The van der Waals surface area contributed by atoms with Crippen molar-refractivity contribution in [3.05, 3.63) is 59.9 Å². The average molecular weight is 314 g/mol. The maximum atomic E-state index is 12.8. The second-order valence-corrected chi connectivity index (χ2v) is 6.56. The SMILES string of the molecule is CC(C)(C)c1ccc(NCCC(=O)Nc2ccc(F)cc2)cc1. The van der Waals surface area contributed by atoms with Crippen molar-refractivity contribution in [1.82, 2.24) is 0 Å². The number of nitrogens with one attached hydrogen (secondary N) is 2. The third-order valence-electron chi connectivity index (χ3n) is 3.56. The highest BCUT2D eigenvalue weighted by Gasteiger charge is 2.12. The van der Waals surface area contributed by atoms with E-state index in [1.54, 1.807) is 12.1 Å². The summed E-state index contributed by atoms with van der Waals surface area (Å²) in [5, 5.41) is 5.97. The zero-order valence-electron chi connectivity index (χ0n) is 13.8. The van der Waals surface area contributed by atoms with Crippen LogP contribution >= 0.6 is 0 Å². The van der Waals surface area contributed by atoms with Crippen LogP contribution in [0.15, 0.2) is 48.5 Å². The Bertz CT molecular complexity index is 643. The lowest BCUT2D eigenvalue weighted by Crippen LogP contribution is -2.16. The van der Waals surface area contributed by atoms with Gasteiger partial charge in [0.15, 0.2) is 0 Å². The minimum Gasteiger partial charge on any atom is -0.385 e. The van der Waals surface area contributed by atoms with Crippen molar-refractivity contribution in [2.75, 3.05) is 17.2 Å². The minimum atomic E-state index is -0.316. The average Bonchev–Trinajstić information content (AvgIpc) is 2.49. The molecule has 0 radical (unpaired) electrons. The monoisotopic (exact) mass is 314 g/mol. The van der Waals surface area contributed by atoms with Crippen LogP contribution in [0.1, 0.15) is 32.8 Å². The van der Waals surface area contributed by atoms with Gasteiger partial charge < -0.3 is 10.6 Å². The molecule has 0 aliphatic carbocycles. The van der Waals surface area contributed by atoms with Crippen LogP contribution in [0.5, 0.6) is 0 Å². The molecule has 0 unspecified atom stereocenters. The third-order valence-corrected chi connectivity index (χ3v) is 3.56. The van der Waals surface area contributed by atoms with Gasteiger partial charge in [-0.1, -0.05) is 32.9 Å². The maximum Gasteiger partial charge on any atom is 0.226 e. The van der Waals surface area contributed by atoms with E-state index < -0.39 is 0 Å². The highest BCUT2D eigenvalue weighted by atomic mass is 19.1. The van der Waals surface area contributed by atoms with E-state index in [9.17, 15) is 9.18 Å². The highest BCUT2D eigenvalue weighted by Crippen LogP contribution is 2.23. The fourth-order valence-corrected chi connectivity index (χ4v) is 2.17. The molecular formula is C19H23FN2O. The summed E-state index contributed by atoms with van der Waals surface area (Å²) in [6.45, 7) is 7.07. The lowest BCUT2D eigenvalue weighted by atomic mass is 9.87. The minimum absolute atomic E-state index is 0.101. The summed E-state index contributed by atoms with van der Waals surface area (Å²) in [6, 6.07) is 14.0. The second-order valence-electron chi connectivity index (χ2n) is 6.56. The summed E-state index contributed by atoms with van der Waals surface area (Å²) in [5.41, 5.74) is 3.00. The van der Waals surface area contributed by atoms with E-state index in [0.29, 0.717) is 18.7 Å². The molecule has 23 heavy (non-hydrogen) atoms. The first kappa shape index (κ1) is 17.0. The molecular weight excluding hydrogens is 291 g/mol. The van der Waals surface area contributed by atoms with Gasteiger partial charge in [0.1, 0.15) is 5.82 Å². The number of carbonyl (C=O) groups is 1. The number of halogens is 1. The van der Waals surface area contributed by atoms with Crippen molar-refractivity contribution < 1.29 is 9.18 Å². The summed E-state index contributed by atoms with van der Waals surface area (Å²) in [7, 11) is 0. The van der Waals surface area contributed by atoms with E-state index in [-0.39, 0.29) is 17.1 Å². The van der Waals surface area contributed by atoms with Crippen molar-refractivity contribution in [2.24, 2.45) is 0 Å². The van der Waals surface area contributed by atoms with Crippen LogP contribution < -0.4 is 10.6 Å². The zero-order chi connectivity index (χ0) is 16.9. The van der Waals surface area contributed by atoms with Gasteiger partial charge in [0, 0.05) is 24.3 Å². The summed E-state index contributed by atoms with van der Waals surface area (Å²) >= 11 is 0. The lowest BCUT2D eigenvalue weighted by Gasteiger charge is -2.19.